The average molecular weight is 246 g/mol. The Bertz CT molecular complexity index is 424. The van der Waals surface area contributed by atoms with Gasteiger partial charge in [0.1, 0.15) is 5.75 Å². The fourth-order valence-electron chi connectivity index (χ4n) is 2.53. The van der Waals surface area contributed by atoms with Gasteiger partial charge in [-0.15, -0.1) is 0 Å². The fraction of sp³-hybridized carbons (Fsp3) is 0.562. The number of Topliss-reactive ketones (excluding diaryl/α,β-unsaturated/α-hetero) is 1. The molecule has 2 rings (SSSR count). The van der Waals surface area contributed by atoms with Crippen LogP contribution in [0.25, 0.3) is 0 Å². The van der Waals surface area contributed by atoms with Gasteiger partial charge in [0.2, 0.25) is 0 Å². The van der Waals surface area contributed by atoms with Gasteiger partial charge in [0, 0.05) is 0 Å². The number of benzene rings is 1. The normalized spacial score (nSPS) is 19.5. The summed E-state index contributed by atoms with van der Waals surface area (Å²) < 4.78 is 6.02. The van der Waals surface area contributed by atoms with E-state index in [1.165, 1.54) is 12.8 Å². The standard InChI is InChI=1S/C16H22O2/c1-12(17)14-6-4-5-7-15(14)18-13-8-10-16(2,3)11-9-13/h4-7,13H,8-11H2,1-3H3. The zero-order chi connectivity index (χ0) is 13.2. The average Bonchev–Trinajstić information content (AvgIpc) is 2.32. The number of carbonyl (C=O) groups excluding carboxylic acids is 1. The van der Waals surface area contributed by atoms with Crippen LogP contribution in [0, 0.1) is 5.41 Å². The fourth-order valence-corrected chi connectivity index (χ4v) is 2.53. The molecule has 0 amide bonds. The van der Waals surface area contributed by atoms with Crippen LogP contribution in [0.5, 0.6) is 5.75 Å². The van der Waals surface area contributed by atoms with Crippen LogP contribution in [0.2, 0.25) is 0 Å². The van der Waals surface area contributed by atoms with E-state index in [1.54, 1.807) is 6.92 Å². The zero-order valence-corrected chi connectivity index (χ0v) is 11.5. The maximum absolute atomic E-state index is 11.5. The lowest BCUT2D eigenvalue weighted by Gasteiger charge is -2.34. The molecular formula is C16H22O2. The van der Waals surface area contributed by atoms with Crippen LogP contribution in [-0.4, -0.2) is 11.9 Å². The SMILES string of the molecule is CC(=O)c1ccccc1OC1CCC(C)(C)CC1. The van der Waals surface area contributed by atoms with E-state index in [1.807, 2.05) is 24.3 Å². The van der Waals surface area contributed by atoms with E-state index in [2.05, 4.69) is 13.8 Å². The van der Waals surface area contributed by atoms with Gasteiger partial charge >= 0.3 is 0 Å². The second-order valence-electron chi connectivity index (χ2n) is 6.03. The molecule has 2 nitrogen and oxygen atoms in total. The first kappa shape index (κ1) is 13.1. The van der Waals surface area contributed by atoms with Crippen molar-refractivity contribution in [3.63, 3.8) is 0 Å². The van der Waals surface area contributed by atoms with Crippen molar-refractivity contribution in [1.82, 2.24) is 0 Å². The molecule has 18 heavy (non-hydrogen) atoms. The highest BCUT2D eigenvalue weighted by atomic mass is 16.5. The largest absolute Gasteiger partial charge is 0.490 e. The number of ketones is 1. The summed E-state index contributed by atoms with van der Waals surface area (Å²) in [6.45, 7) is 6.21. The van der Waals surface area contributed by atoms with Gasteiger partial charge in [0.15, 0.2) is 5.78 Å². The van der Waals surface area contributed by atoms with Gasteiger partial charge in [0.25, 0.3) is 0 Å². The highest BCUT2D eigenvalue weighted by molar-refractivity contribution is 5.96. The van der Waals surface area contributed by atoms with E-state index in [0.29, 0.717) is 11.0 Å². The minimum atomic E-state index is 0.0711. The molecule has 0 spiro atoms. The predicted molar refractivity (Wildman–Crippen MR) is 73.1 cm³/mol. The molecular weight excluding hydrogens is 224 g/mol. The third kappa shape index (κ3) is 3.12. The Labute approximate surface area is 109 Å². The molecule has 1 fully saturated rings. The molecule has 0 saturated heterocycles. The van der Waals surface area contributed by atoms with E-state index in [-0.39, 0.29) is 11.9 Å². The highest BCUT2D eigenvalue weighted by Crippen LogP contribution is 2.37. The summed E-state index contributed by atoms with van der Waals surface area (Å²) in [6, 6.07) is 7.54. The van der Waals surface area contributed by atoms with Crippen molar-refractivity contribution in [2.75, 3.05) is 0 Å². The zero-order valence-electron chi connectivity index (χ0n) is 11.5. The summed E-state index contributed by atoms with van der Waals surface area (Å²) in [4.78, 5) is 11.5. The lowest BCUT2D eigenvalue weighted by molar-refractivity contribution is 0.0929. The Morgan fingerprint density at radius 3 is 2.44 bits per heavy atom. The molecule has 98 valence electrons. The van der Waals surface area contributed by atoms with Gasteiger partial charge in [-0.1, -0.05) is 26.0 Å². The third-order valence-corrected chi connectivity index (χ3v) is 3.85. The second-order valence-corrected chi connectivity index (χ2v) is 6.03. The molecule has 1 aromatic rings. The minimum Gasteiger partial charge on any atom is -0.490 e. The summed E-state index contributed by atoms with van der Waals surface area (Å²) >= 11 is 0. The summed E-state index contributed by atoms with van der Waals surface area (Å²) in [7, 11) is 0. The van der Waals surface area contributed by atoms with Gasteiger partial charge < -0.3 is 4.74 Å². The molecule has 0 aliphatic heterocycles. The first-order chi connectivity index (χ1) is 8.48. The van der Waals surface area contributed by atoms with Gasteiger partial charge in [0.05, 0.1) is 11.7 Å². The summed E-state index contributed by atoms with van der Waals surface area (Å²) in [5.41, 5.74) is 1.14. The Morgan fingerprint density at radius 1 is 1.22 bits per heavy atom. The lowest BCUT2D eigenvalue weighted by Crippen LogP contribution is -2.28. The van der Waals surface area contributed by atoms with Crippen molar-refractivity contribution in [3.05, 3.63) is 29.8 Å². The smallest absolute Gasteiger partial charge is 0.163 e. The molecule has 2 heteroatoms. The van der Waals surface area contributed by atoms with Crippen LogP contribution < -0.4 is 4.74 Å². The lowest BCUT2D eigenvalue weighted by atomic mass is 9.76. The maximum Gasteiger partial charge on any atom is 0.163 e. The molecule has 0 heterocycles. The van der Waals surface area contributed by atoms with E-state index >= 15 is 0 Å². The van der Waals surface area contributed by atoms with Crippen LogP contribution >= 0.6 is 0 Å². The van der Waals surface area contributed by atoms with Crippen LogP contribution in [0.4, 0.5) is 0 Å². The number of ether oxygens (including phenoxy) is 1. The number of hydrogen-bond donors (Lipinski definition) is 0. The van der Waals surface area contributed by atoms with Gasteiger partial charge in [-0.2, -0.15) is 0 Å². The maximum atomic E-state index is 11.5. The number of para-hydroxylation sites is 1. The number of carbonyl (C=O) groups is 1. The van der Waals surface area contributed by atoms with E-state index < -0.39 is 0 Å². The first-order valence-corrected chi connectivity index (χ1v) is 6.74. The summed E-state index contributed by atoms with van der Waals surface area (Å²) in [5, 5.41) is 0. The van der Waals surface area contributed by atoms with E-state index in [4.69, 9.17) is 4.74 Å². The molecule has 0 unspecified atom stereocenters. The first-order valence-electron chi connectivity index (χ1n) is 6.74. The second kappa shape index (κ2) is 5.13. The molecule has 0 radical (unpaired) electrons. The Hall–Kier alpha value is -1.31. The van der Waals surface area contributed by atoms with Crippen LogP contribution in [0.1, 0.15) is 56.8 Å². The topological polar surface area (TPSA) is 26.3 Å². The van der Waals surface area contributed by atoms with Crippen molar-refractivity contribution in [2.24, 2.45) is 5.41 Å². The van der Waals surface area contributed by atoms with Crippen molar-refractivity contribution in [1.29, 1.82) is 0 Å². The molecule has 0 aromatic heterocycles. The van der Waals surface area contributed by atoms with Crippen LogP contribution in [0.3, 0.4) is 0 Å². The summed E-state index contributed by atoms with van der Waals surface area (Å²) in [6.07, 6.45) is 4.82. The quantitative estimate of drug-likeness (QED) is 0.746. The molecule has 0 N–H and O–H groups in total. The predicted octanol–water partition coefficient (Wildman–Crippen LogP) is 4.24. The number of hydrogen-bond acceptors (Lipinski definition) is 2. The minimum absolute atomic E-state index is 0.0711. The van der Waals surface area contributed by atoms with Crippen molar-refractivity contribution >= 4 is 5.78 Å². The molecule has 1 aliphatic carbocycles. The van der Waals surface area contributed by atoms with Crippen molar-refractivity contribution in [2.45, 2.75) is 52.6 Å². The highest BCUT2D eigenvalue weighted by Gasteiger charge is 2.28. The van der Waals surface area contributed by atoms with Gasteiger partial charge in [-0.05, 0) is 50.2 Å². The molecule has 1 aliphatic rings. The Morgan fingerprint density at radius 2 is 1.83 bits per heavy atom. The molecule has 1 aromatic carbocycles. The van der Waals surface area contributed by atoms with E-state index in [0.717, 1.165) is 18.6 Å². The van der Waals surface area contributed by atoms with Gasteiger partial charge in [-0.3, -0.25) is 4.79 Å². The van der Waals surface area contributed by atoms with Gasteiger partial charge in [-0.25, -0.2) is 0 Å². The third-order valence-electron chi connectivity index (χ3n) is 3.85. The van der Waals surface area contributed by atoms with Crippen molar-refractivity contribution < 1.29 is 9.53 Å². The van der Waals surface area contributed by atoms with Crippen LogP contribution in [-0.2, 0) is 0 Å². The monoisotopic (exact) mass is 246 g/mol. The summed E-state index contributed by atoms with van der Waals surface area (Å²) in [5.74, 6) is 0.816. The Balaban J connectivity index is 2.04. The molecule has 0 bridgehead atoms. The van der Waals surface area contributed by atoms with Crippen molar-refractivity contribution in [3.8, 4) is 5.75 Å². The molecule has 1 saturated carbocycles. The van der Waals surface area contributed by atoms with Crippen LogP contribution in [0.15, 0.2) is 24.3 Å². The Kier molecular flexibility index (Phi) is 3.74. The van der Waals surface area contributed by atoms with E-state index in [9.17, 15) is 4.79 Å². The molecule has 0 atom stereocenters. The number of rotatable bonds is 3.